The minimum atomic E-state index is -0.970. The van der Waals surface area contributed by atoms with Crippen molar-refractivity contribution < 1.29 is 14.7 Å². The van der Waals surface area contributed by atoms with E-state index < -0.39 is 5.97 Å². The molecule has 1 atom stereocenters. The molecule has 6 nitrogen and oxygen atoms in total. The summed E-state index contributed by atoms with van der Waals surface area (Å²) in [6.07, 6.45) is 4.83. The lowest BCUT2D eigenvalue weighted by Crippen LogP contribution is -2.45. The fourth-order valence-electron chi connectivity index (χ4n) is 3.01. The van der Waals surface area contributed by atoms with Crippen molar-refractivity contribution >= 4 is 12.0 Å². The lowest BCUT2D eigenvalue weighted by molar-refractivity contribution is -0.137. The fourth-order valence-corrected chi connectivity index (χ4v) is 3.01. The molecular weight excluding hydrogens is 246 g/mol. The summed E-state index contributed by atoms with van der Waals surface area (Å²) in [5.41, 5.74) is 0. The first kappa shape index (κ1) is 14.1. The van der Waals surface area contributed by atoms with Gasteiger partial charge in [-0.05, 0) is 32.4 Å². The maximum atomic E-state index is 12.1. The van der Waals surface area contributed by atoms with Gasteiger partial charge >= 0.3 is 12.0 Å². The summed E-state index contributed by atoms with van der Waals surface area (Å²) in [5, 5.41) is 8.71. The van der Waals surface area contributed by atoms with E-state index in [1.165, 1.54) is 24.2 Å². The zero-order valence-electron chi connectivity index (χ0n) is 11.5. The number of carbonyl (C=O) groups excluding carboxylic acids is 1. The largest absolute Gasteiger partial charge is 0.480 e. The number of aliphatic carboxylic acids is 1. The second kappa shape index (κ2) is 6.23. The van der Waals surface area contributed by atoms with E-state index in [1.807, 2.05) is 0 Å². The van der Waals surface area contributed by atoms with Crippen LogP contribution in [0.3, 0.4) is 0 Å². The van der Waals surface area contributed by atoms with Gasteiger partial charge < -0.3 is 14.9 Å². The highest BCUT2D eigenvalue weighted by Crippen LogP contribution is 2.20. The van der Waals surface area contributed by atoms with Crippen LogP contribution < -0.4 is 0 Å². The number of hydrogen-bond acceptors (Lipinski definition) is 3. The third-order valence-electron chi connectivity index (χ3n) is 4.04. The Balaban J connectivity index is 1.83. The molecule has 0 radical (unpaired) electrons. The molecule has 0 bridgehead atoms. The van der Waals surface area contributed by atoms with Crippen LogP contribution in [-0.2, 0) is 4.79 Å². The number of carboxylic acids is 1. The highest BCUT2D eigenvalue weighted by molar-refractivity contribution is 5.80. The predicted octanol–water partition coefficient (Wildman–Crippen LogP) is 0.683. The van der Waals surface area contributed by atoms with Gasteiger partial charge in [0.25, 0.3) is 0 Å². The maximum Gasteiger partial charge on any atom is 0.323 e. The summed E-state index contributed by atoms with van der Waals surface area (Å²) in [4.78, 5) is 28.2. The number of carbonyl (C=O) groups is 2. The average Bonchev–Trinajstić information content (AvgIpc) is 2.87. The molecular formula is C13H23N3O3. The highest BCUT2D eigenvalue weighted by atomic mass is 16.4. The number of urea groups is 1. The Bertz CT molecular complexity index is 342. The Hall–Kier alpha value is -1.30. The summed E-state index contributed by atoms with van der Waals surface area (Å²) in [6.45, 7) is 3.52. The van der Waals surface area contributed by atoms with Crippen molar-refractivity contribution in [3.63, 3.8) is 0 Å². The zero-order chi connectivity index (χ0) is 13.8. The monoisotopic (exact) mass is 269 g/mol. The number of hydrogen-bond donors (Lipinski definition) is 1. The van der Waals surface area contributed by atoms with Crippen LogP contribution in [-0.4, -0.2) is 77.6 Å². The number of piperidine rings is 1. The van der Waals surface area contributed by atoms with Crippen molar-refractivity contribution in [1.29, 1.82) is 0 Å². The molecule has 0 aliphatic carbocycles. The van der Waals surface area contributed by atoms with Gasteiger partial charge in [0.15, 0.2) is 0 Å². The number of likely N-dealkylation sites (N-methyl/N-ethyl adjacent to an activating group) is 1. The van der Waals surface area contributed by atoms with Crippen LogP contribution in [0.2, 0.25) is 0 Å². The minimum absolute atomic E-state index is 0.165. The third-order valence-corrected chi connectivity index (χ3v) is 4.04. The second-order valence-corrected chi connectivity index (χ2v) is 5.52. The Morgan fingerprint density at radius 3 is 2.53 bits per heavy atom. The maximum absolute atomic E-state index is 12.1. The topological polar surface area (TPSA) is 64.1 Å². The lowest BCUT2D eigenvalue weighted by Gasteiger charge is -2.32. The fraction of sp³-hybridized carbons (Fsp3) is 0.846. The number of nitrogens with zero attached hydrogens (tertiary/aromatic N) is 3. The normalized spacial score (nSPS) is 24.5. The molecule has 1 N–H and O–H groups in total. The molecule has 1 unspecified atom stereocenters. The molecule has 0 saturated carbocycles. The number of amides is 2. The number of likely N-dealkylation sites (tertiary alicyclic amines) is 2. The molecule has 2 aliphatic heterocycles. The molecule has 108 valence electrons. The van der Waals surface area contributed by atoms with Crippen LogP contribution >= 0.6 is 0 Å². The molecule has 0 aromatic carbocycles. The van der Waals surface area contributed by atoms with Crippen molar-refractivity contribution in [1.82, 2.24) is 14.7 Å². The van der Waals surface area contributed by atoms with Gasteiger partial charge in [-0.2, -0.15) is 0 Å². The van der Waals surface area contributed by atoms with E-state index in [2.05, 4.69) is 4.90 Å². The first-order valence-electron chi connectivity index (χ1n) is 7.04. The first-order chi connectivity index (χ1) is 9.08. The van der Waals surface area contributed by atoms with Crippen LogP contribution in [0.15, 0.2) is 0 Å². The smallest absolute Gasteiger partial charge is 0.323 e. The summed E-state index contributed by atoms with van der Waals surface area (Å²) in [6, 6.07) is 0.296. The molecule has 6 heteroatoms. The Kier molecular flexibility index (Phi) is 4.63. The molecule has 2 amide bonds. The van der Waals surface area contributed by atoms with E-state index in [0.29, 0.717) is 6.04 Å². The quantitative estimate of drug-likeness (QED) is 0.818. The van der Waals surface area contributed by atoms with Crippen molar-refractivity contribution in [3.8, 4) is 0 Å². The number of rotatable bonds is 3. The molecule has 19 heavy (non-hydrogen) atoms. The van der Waals surface area contributed by atoms with Crippen LogP contribution in [0.5, 0.6) is 0 Å². The van der Waals surface area contributed by atoms with Gasteiger partial charge in [-0.25, -0.2) is 4.79 Å². The van der Waals surface area contributed by atoms with Gasteiger partial charge in [-0.1, -0.05) is 6.42 Å². The molecule has 2 fully saturated rings. The minimum Gasteiger partial charge on any atom is -0.480 e. The van der Waals surface area contributed by atoms with Crippen molar-refractivity contribution in [3.05, 3.63) is 0 Å². The summed E-state index contributed by atoms with van der Waals surface area (Å²) in [7, 11) is 1.55. The summed E-state index contributed by atoms with van der Waals surface area (Å²) in [5.74, 6) is -0.970. The molecule has 0 aromatic heterocycles. The van der Waals surface area contributed by atoms with E-state index in [0.717, 1.165) is 32.6 Å². The van der Waals surface area contributed by atoms with Gasteiger partial charge in [-0.3, -0.25) is 9.69 Å². The molecule has 2 aliphatic rings. The van der Waals surface area contributed by atoms with E-state index >= 15 is 0 Å². The third kappa shape index (κ3) is 3.59. The van der Waals surface area contributed by atoms with Gasteiger partial charge in [0.2, 0.25) is 0 Å². The average molecular weight is 269 g/mol. The van der Waals surface area contributed by atoms with Crippen LogP contribution in [0.4, 0.5) is 4.79 Å². The second-order valence-electron chi connectivity index (χ2n) is 5.52. The molecule has 2 saturated heterocycles. The van der Waals surface area contributed by atoms with Gasteiger partial charge in [-0.15, -0.1) is 0 Å². The van der Waals surface area contributed by atoms with E-state index in [9.17, 15) is 9.59 Å². The molecule has 0 spiro atoms. The lowest BCUT2D eigenvalue weighted by atomic mass is 10.1. The molecule has 2 rings (SSSR count). The summed E-state index contributed by atoms with van der Waals surface area (Å²) < 4.78 is 0. The highest BCUT2D eigenvalue weighted by Gasteiger charge is 2.32. The summed E-state index contributed by atoms with van der Waals surface area (Å²) >= 11 is 0. The first-order valence-corrected chi connectivity index (χ1v) is 7.04. The Morgan fingerprint density at radius 1 is 1.21 bits per heavy atom. The van der Waals surface area contributed by atoms with Crippen molar-refractivity contribution in [2.75, 3.05) is 39.8 Å². The van der Waals surface area contributed by atoms with Crippen LogP contribution in [0.25, 0.3) is 0 Å². The van der Waals surface area contributed by atoms with E-state index in [-0.39, 0.29) is 12.6 Å². The number of carboxylic acid groups (broad SMARTS) is 1. The van der Waals surface area contributed by atoms with E-state index in [1.54, 1.807) is 11.9 Å². The Morgan fingerprint density at radius 2 is 1.89 bits per heavy atom. The standard InChI is InChI=1S/C13H23N3O3/c1-14(10-12(17)18)13(19)16-8-5-11(9-16)15-6-3-2-4-7-15/h11H,2-10H2,1H3,(H,17,18). The SMILES string of the molecule is CN(CC(=O)O)C(=O)N1CCC(N2CCCCC2)C1. The van der Waals surface area contributed by atoms with Crippen molar-refractivity contribution in [2.24, 2.45) is 0 Å². The van der Waals surface area contributed by atoms with Gasteiger partial charge in [0.05, 0.1) is 0 Å². The zero-order valence-corrected chi connectivity index (χ0v) is 11.5. The molecule has 0 aromatic rings. The molecule has 2 heterocycles. The van der Waals surface area contributed by atoms with E-state index in [4.69, 9.17) is 5.11 Å². The van der Waals surface area contributed by atoms with Crippen LogP contribution in [0.1, 0.15) is 25.7 Å². The van der Waals surface area contributed by atoms with Crippen LogP contribution in [0, 0.1) is 0 Å². The van der Waals surface area contributed by atoms with Crippen molar-refractivity contribution in [2.45, 2.75) is 31.7 Å². The predicted molar refractivity (Wildman–Crippen MR) is 71.1 cm³/mol. The Labute approximate surface area is 114 Å². The van der Waals surface area contributed by atoms with Gasteiger partial charge in [0.1, 0.15) is 6.54 Å². The van der Waals surface area contributed by atoms with Gasteiger partial charge in [0, 0.05) is 26.2 Å².